The molecule has 0 bridgehead atoms. The number of carbonyl (C=O) groups excluding carboxylic acids is 3. The number of nitrogens with zero attached hydrogens (tertiary/aromatic N) is 3. The van der Waals surface area contributed by atoms with Crippen molar-refractivity contribution in [3.05, 3.63) is 63.5 Å². The Kier molecular flexibility index (Phi) is 7.26. The van der Waals surface area contributed by atoms with Gasteiger partial charge in [0.2, 0.25) is 17.6 Å². The average Bonchev–Trinajstić information content (AvgIpc) is 3.29. The number of rotatable bonds is 8. The fraction of sp³-hybridized carbons (Fsp3) is 0.273. The van der Waals surface area contributed by atoms with Gasteiger partial charge in [0, 0.05) is 24.1 Å². The summed E-state index contributed by atoms with van der Waals surface area (Å²) in [5.41, 5.74) is 0.0202. The van der Waals surface area contributed by atoms with Crippen LogP contribution in [-0.4, -0.2) is 38.2 Å². The van der Waals surface area contributed by atoms with Crippen LogP contribution in [0, 0.1) is 5.92 Å². The molecule has 0 fully saturated rings. The number of ketones is 1. The van der Waals surface area contributed by atoms with Crippen LogP contribution in [0.1, 0.15) is 30.6 Å². The molecule has 3 aromatic rings. The second-order valence-corrected chi connectivity index (χ2v) is 8.32. The molecule has 166 valence electrons. The molecule has 2 aromatic heterocycles. The molecule has 0 saturated carbocycles. The molecule has 0 aliphatic heterocycles. The summed E-state index contributed by atoms with van der Waals surface area (Å²) in [7, 11) is 0. The fourth-order valence-corrected chi connectivity index (χ4v) is 3.72. The van der Waals surface area contributed by atoms with E-state index in [1.54, 1.807) is 29.6 Å². The first-order valence-electron chi connectivity index (χ1n) is 9.94. The number of aromatic nitrogens is 3. The van der Waals surface area contributed by atoms with Crippen molar-refractivity contribution >= 4 is 34.6 Å². The third-order valence-corrected chi connectivity index (χ3v) is 5.39. The van der Waals surface area contributed by atoms with Crippen LogP contribution in [-0.2, 0) is 16.1 Å². The smallest absolute Gasteiger partial charge is 0.278 e. The van der Waals surface area contributed by atoms with Crippen molar-refractivity contribution in [2.24, 2.45) is 5.92 Å². The van der Waals surface area contributed by atoms with E-state index < -0.39 is 23.4 Å². The lowest BCUT2D eigenvalue weighted by Gasteiger charge is -2.21. The van der Waals surface area contributed by atoms with E-state index in [4.69, 9.17) is 0 Å². The summed E-state index contributed by atoms with van der Waals surface area (Å²) in [6.45, 7) is 4.53. The summed E-state index contributed by atoms with van der Waals surface area (Å²) in [4.78, 5) is 58.5. The van der Waals surface area contributed by atoms with Gasteiger partial charge in [-0.15, -0.1) is 11.3 Å². The number of hydrogen-bond donors (Lipinski definition) is 2. The van der Waals surface area contributed by atoms with Crippen LogP contribution in [0.5, 0.6) is 0 Å². The van der Waals surface area contributed by atoms with Crippen molar-refractivity contribution in [1.29, 1.82) is 0 Å². The number of benzene rings is 1. The summed E-state index contributed by atoms with van der Waals surface area (Å²) < 4.78 is 1.18. The van der Waals surface area contributed by atoms with Gasteiger partial charge in [-0.2, -0.15) is 0 Å². The normalized spacial score (nSPS) is 11.8. The number of Topliss-reactive ketones (excluding diaryl/α,β-unsaturated/α-hetero) is 1. The minimum atomic E-state index is -0.795. The Hall–Kier alpha value is -3.66. The van der Waals surface area contributed by atoms with Crippen molar-refractivity contribution in [3.63, 3.8) is 0 Å². The molecule has 1 unspecified atom stereocenters. The molecule has 32 heavy (non-hydrogen) atoms. The maximum absolute atomic E-state index is 13.0. The number of nitrogens with one attached hydrogen (secondary N) is 2. The van der Waals surface area contributed by atoms with Crippen LogP contribution < -0.4 is 16.2 Å². The Labute approximate surface area is 188 Å². The van der Waals surface area contributed by atoms with E-state index in [1.807, 2.05) is 19.9 Å². The van der Waals surface area contributed by atoms with Gasteiger partial charge in [-0.3, -0.25) is 23.7 Å². The molecule has 2 N–H and O–H groups in total. The van der Waals surface area contributed by atoms with E-state index in [0.717, 1.165) is 0 Å². The van der Waals surface area contributed by atoms with Gasteiger partial charge in [-0.05, 0) is 5.92 Å². The predicted molar refractivity (Wildman–Crippen MR) is 121 cm³/mol. The number of carbonyl (C=O) groups is 3. The topological polar surface area (TPSA) is 123 Å². The molecule has 1 aromatic carbocycles. The first-order chi connectivity index (χ1) is 15.3. The van der Waals surface area contributed by atoms with Gasteiger partial charge < -0.3 is 10.6 Å². The Bertz CT molecular complexity index is 1170. The first kappa shape index (κ1) is 23.0. The summed E-state index contributed by atoms with van der Waals surface area (Å²) in [5.74, 6) is -1.17. The lowest BCUT2D eigenvalue weighted by molar-refractivity contribution is -0.122. The molecule has 0 aliphatic carbocycles. The van der Waals surface area contributed by atoms with E-state index in [0.29, 0.717) is 10.6 Å². The van der Waals surface area contributed by atoms with Crippen LogP contribution in [0.25, 0.3) is 11.4 Å². The second-order valence-electron chi connectivity index (χ2n) is 7.42. The largest absolute Gasteiger partial charge is 0.344 e. The Morgan fingerprint density at radius 3 is 2.44 bits per heavy atom. The molecule has 0 radical (unpaired) electrons. The van der Waals surface area contributed by atoms with E-state index in [2.05, 4.69) is 20.6 Å². The standard InChI is InChI=1S/C22H23N5O4S/c1-13(2)18(19(30)21-23-9-10-32-21)26-17(29)12-27-20(15-7-5-4-6-8-15)24-11-16(22(27)31)25-14(3)28/h4-11,13,18H,12H2,1-3H3,(H,25,28)(H,26,29). The summed E-state index contributed by atoms with van der Waals surface area (Å²) >= 11 is 1.20. The van der Waals surface area contributed by atoms with Crippen LogP contribution in [0.2, 0.25) is 0 Å². The molecule has 0 saturated heterocycles. The molecule has 3 rings (SSSR count). The van der Waals surface area contributed by atoms with Crippen molar-refractivity contribution < 1.29 is 14.4 Å². The Balaban J connectivity index is 1.93. The highest BCUT2D eigenvalue weighted by Gasteiger charge is 2.27. The molecular weight excluding hydrogens is 430 g/mol. The van der Waals surface area contributed by atoms with Crippen LogP contribution in [0.15, 0.2) is 52.9 Å². The van der Waals surface area contributed by atoms with Gasteiger partial charge in [0.1, 0.15) is 18.1 Å². The van der Waals surface area contributed by atoms with Crippen LogP contribution >= 0.6 is 11.3 Å². The summed E-state index contributed by atoms with van der Waals surface area (Å²) in [6, 6.07) is 8.12. The van der Waals surface area contributed by atoms with Crippen LogP contribution in [0.3, 0.4) is 0 Å². The lowest BCUT2D eigenvalue weighted by atomic mass is 10.00. The van der Waals surface area contributed by atoms with E-state index in [9.17, 15) is 19.2 Å². The number of anilines is 1. The predicted octanol–water partition coefficient (Wildman–Crippen LogP) is 2.35. The highest BCUT2D eigenvalue weighted by molar-refractivity contribution is 7.11. The lowest BCUT2D eigenvalue weighted by Crippen LogP contribution is -2.46. The third kappa shape index (κ3) is 5.33. The SMILES string of the molecule is CC(=O)Nc1cnc(-c2ccccc2)n(CC(=O)NC(C(=O)c2nccs2)C(C)C)c1=O. The van der Waals surface area contributed by atoms with Gasteiger partial charge >= 0.3 is 0 Å². The molecule has 2 heterocycles. The molecule has 0 spiro atoms. The summed E-state index contributed by atoms with van der Waals surface area (Å²) in [5, 5.41) is 7.15. The second kappa shape index (κ2) is 10.1. The first-order valence-corrected chi connectivity index (χ1v) is 10.8. The van der Waals surface area contributed by atoms with Gasteiger partial charge in [0.05, 0.1) is 12.2 Å². The Morgan fingerprint density at radius 2 is 1.84 bits per heavy atom. The maximum Gasteiger partial charge on any atom is 0.278 e. The highest BCUT2D eigenvalue weighted by Crippen LogP contribution is 2.17. The molecule has 9 nitrogen and oxygen atoms in total. The third-order valence-electron chi connectivity index (χ3n) is 4.60. The van der Waals surface area contributed by atoms with E-state index in [-0.39, 0.29) is 29.8 Å². The minimum Gasteiger partial charge on any atom is -0.344 e. The van der Waals surface area contributed by atoms with E-state index >= 15 is 0 Å². The van der Waals surface area contributed by atoms with Gasteiger partial charge in [0.15, 0.2) is 5.01 Å². The fourth-order valence-electron chi connectivity index (χ4n) is 3.11. The van der Waals surface area contributed by atoms with Gasteiger partial charge in [-0.25, -0.2) is 9.97 Å². The maximum atomic E-state index is 13.0. The van der Waals surface area contributed by atoms with Gasteiger partial charge in [-0.1, -0.05) is 44.2 Å². The minimum absolute atomic E-state index is 0.0377. The molecule has 2 amide bonds. The zero-order chi connectivity index (χ0) is 23.3. The number of hydrogen-bond acceptors (Lipinski definition) is 7. The summed E-state index contributed by atoms with van der Waals surface area (Å²) in [6.07, 6.45) is 2.80. The van der Waals surface area contributed by atoms with Crippen molar-refractivity contribution in [1.82, 2.24) is 19.9 Å². The zero-order valence-corrected chi connectivity index (χ0v) is 18.7. The molecule has 0 aliphatic rings. The molecule has 1 atom stereocenters. The number of amides is 2. The quantitative estimate of drug-likeness (QED) is 0.505. The van der Waals surface area contributed by atoms with Crippen molar-refractivity contribution in [3.8, 4) is 11.4 Å². The Morgan fingerprint density at radius 1 is 1.12 bits per heavy atom. The average molecular weight is 454 g/mol. The number of thiazole rings is 1. The zero-order valence-electron chi connectivity index (χ0n) is 17.9. The van der Waals surface area contributed by atoms with Crippen molar-refractivity contribution in [2.45, 2.75) is 33.4 Å². The van der Waals surface area contributed by atoms with Gasteiger partial charge in [0.25, 0.3) is 5.56 Å². The molecule has 10 heteroatoms. The van der Waals surface area contributed by atoms with Crippen LogP contribution in [0.4, 0.5) is 5.69 Å². The van der Waals surface area contributed by atoms with E-state index in [1.165, 1.54) is 35.2 Å². The van der Waals surface area contributed by atoms with Crippen molar-refractivity contribution in [2.75, 3.05) is 5.32 Å². The molecular formula is C22H23N5O4S. The highest BCUT2D eigenvalue weighted by atomic mass is 32.1. The monoisotopic (exact) mass is 453 g/mol.